The monoisotopic (exact) mass is 323 g/mol. The van der Waals surface area contributed by atoms with Gasteiger partial charge >= 0.3 is 11.8 Å². The molecule has 2 aromatic rings. The van der Waals surface area contributed by atoms with E-state index in [9.17, 15) is 14.4 Å². The zero-order chi connectivity index (χ0) is 16.1. The molecule has 22 heavy (non-hydrogen) atoms. The van der Waals surface area contributed by atoms with Gasteiger partial charge in [-0.3, -0.25) is 14.7 Å². The number of nitrogens with one attached hydrogen (secondary N) is 2. The van der Waals surface area contributed by atoms with E-state index >= 15 is 0 Å². The first-order chi connectivity index (χ1) is 10.5. The van der Waals surface area contributed by atoms with E-state index in [0.717, 1.165) is 4.57 Å². The number of urea groups is 1. The lowest BCUT2D eigenvalue weighted by Crippen LogP contribution is -2.41. The summed E-state index contributed by atoms with van der Waals surface area (Å²) in [7, 11) is 0. The van der Waals surface area contributed by atoms with Crippen molar-refractivity contribution in [2.75, 3.05) is 6.54 Å². The van der Waals surface area contributed by atoms with Crippen LogP contribution in [0.3, 0.4) is 0 Å². The Kier molecular flexibility index (Phi) is 5.00. The molecule has 116 valence electrons. The summed E-state index contributed by atoms with van der Waals surface area (Å²) < 4.78 is 5.96. The highest BCUT2D eigenvalue weighted by Gasteiger charge is 2.15. The summed E-state index contributed by atoms with van der Waals surface area (Å²) in [5.41, 5.74) is 1.09. The maximum Gasteiger partial charge on any atom is 0.419 e. The van der Waals surface area contributed by atoms with Gasteiger partial charge in [-0.2, -0.15) is 0 Å². The first-order valence-corrected chi connectivity index (χ1v) is 6.91. The van der Waals surface area contributed by atoms with Gasteiger partial charge in [0.15, 0.2) is 0 Å². The molecule has 2 rings (SSSR count). The van der Waals surface area contributed by atoms with E-state index in [4.69, 9.17) is 16.0 Å². The smallest absolute Gasteiger partial charge is 0.416 e. The van der Waals surface area contributed by atoms with Crippen LogP contribution in [-0.2, 0) is 11.3 Å². The average Bonchev–Trinajstić information content (AvgIpc) is 2.81. The lowest BCUT2D eigenvalue weighted by molar-refractivity contribution is -0.120. The van der Waals surface area contributed by atoms with Crippen LogP contribution < -0.4 is 16.4 Å². The molecule has 0 fully saturated rings. The summed E-state index contributed by atoms with van der Waals surface area (Å²) in [6, 6.07) is 6.11. The van der Waals surface area contributed by atoms with Crippen LogP contribution >= 0.6 is 11.6 Å². The second-order valence-corrected chi connectivity index (χ2v) is 4.82. The van der Waals surface area contributed by atoms with E-state index in [-0.39, 0.29) is 6.54 Å². The van der Waals surface area contributed by atoms with E-state index in [1.807, 2.05) is 0 Å². The number of hydrogen-bond donors (Lipinski definition) is 2. The number of hydrogen-bond acceptors (Lipinski definition) is 4. The Morgan fingerprint density at radius 1 is 1.27 bits per heavy atom. The summed E-state index contributed by atoms with van der Waals surface area (Å²) in [6.07, 6.45) is 1.25. The van der Waals surface area contributed by atoms with Crippen molar-refractivity contribution in [2.45, 2.75) is 13.5 Å². The highest BCUT2D eigenvalue weighted by Crippen LogP contribution is 2.20. The van der Waals surface area contributed by atoms with E-state index in [2.05, 4.69) is 10.6 Å². The zero-order valence-electron chi connectivity index (χ0n) is 11.8. The molecule has 0 atom stereocenters. The number of nitrogens with zero attached hydrogens (tertiary/aromatic N) is 1. The SMILES string of the molecule is CCNC(=O)NC(=O)Cn1c(-c2ccc(Cl)cc2)coc1=O. The molecular formula is C14H14ClN3O4. The lowest BCUT2D eigenvalue weighted by atomic mass is 10.2. The van der Waals surface area contributed by atoms with Crippen molar-refractivity contribution in [1.82, 2.24) is 15.2 Å². The van der Waals surface area contributed by atoms with Crippen LogP contribution in [0.1, 0.15) is 6.92 Å². The number of carbonyl (C=O) groups excluding carboxylic acids is 2. The number of imide groups is 1. The standard InChI is InChI=1S/C14H14ClN3O4/c1-2-16-13(20)17-12(19)7-18-11(8-22-14(18)21)9-3-5-10(15)6-4-9/h3-6,8H,2,7H2,1H3,(H2,16,17,19,20). The number of halogens is 1. The van der Waals surface area contributed by atoms with Gasteiger partial charge in [0.05, 0.1) is 5.69 Å². The van der Waals surface area contributed by atoms with Crippen LogP contribution in [0.25, 0.3) is 11.3 Å². The van der Waals surface area contributed by atoms with Gasteiger partial charge in [0.2, 0.25) is 5.91 Å². The molecule has 0 spiro atoms. The van der Waals surface area contributed by atoms with Gasteiger partial charge < -0.3 is 9.73 Å². The van der Waals surface area contributed by atoms with Crippen LogP contribution in [0.4, 0.5) is 4.79 Å². The molecule has 1 heterocycles. The highest BCUT2D eigenvalue weighted by molar-refractivity contribution is 6.30. The molecule has 0 saturated carbocycles. The molecule has 0 aliphatic carbocycles. The van der Waals surface area contributed by atoms with Gasteiger partial charge in [-0.05, 0) is 19.1 Å². The van der Waals surface area contributed by atoms with Crippen molar-refractivity contribution < 1.29 is 14.0 Å². The van der Waals surface area contributed by atoms with Crippen molar-refractivity contribution in [1.29, 1.82) is 0 Å². The number of rotatable bonds is 4. The van der Waals surface area contributed by atoms with Crippen LogP contribution in [-0.4, -0.2) is 23.1 Å². The molecule has 0 saturated heterocycles. The number of aromatic nitrogens is 1. The minimum atomic E-state index is -0.684. The van der Waals surface area contributed by atoms with Crippen molar-refractivity contribution in [3.05, 3.63) is 46.1 Å². The summed E-state index contributed by atoms with van der Waals surface area (Å²) in [4.78, 5) is 34.8. The van der Waals surface area contributed by atoms with Gasteiger partial charge in [-0.15, -0.1) is 0 Å². The van der Waals surface area contributed by atoms with Gasteiger partial charge in [-0.1, -0.05) is 23.7 Å². The number of carbonyl (C=O) groups is 2. The van der Waals surface area contributed by atoms with E-state index in [1.165, 1.54) is 6.26 Å². The van der Waals surface area contributed by atoms with Crippen molar-refractivity contribution in [3.8, 4) is 11.3 Å². The molecule has 7 nitrogen and oxygen atoms in total. The average molecular weight is 324 g/mol. The van der Waals surface area contributed by atoms with Crippen LogP contribution in [0, 0.1) is 0 Å². The topological polar surface area (TPSA) is 93.3 Å². The number of oxazole rings is 1. The molecule has 2 N–H and O–H groups in total. The minimum Gasteiger partial charge on any atom is -0.416 e. The molecule has 0 unspecified atom stereocenters. The zero-order valence-corrected chi connectivity index (χ0v) is 12.5. The van der Waals surface area contributed by atoms with Gasteiger partial charge in [0.25, 0.3) is 0 Å². The Bertz CT molecular complexity index is 733. The van der Waals surface area contributed by atoms with Crippen LogP contribution in [0.5, 0.6) is 0 Å². The van der Waals surface area contributed by atoms with Gasteiger partial charge in [0, 0.05) is 17.1 Å². The molecule has 1 aromatic heterocycles. The van der Waals surface area contributed by atoms with Crippen molar-refractivity contribution in [2.24, 2.45) is 0 Å². The largest absolute Gasteiger partial charge is 0.419 e. The molecular weight excluding hydrogens is 310 g/mol. The Labute approximate surface area is 130 Å². The van der Waals surface area contributed by atoms with Crippen molar-refractivity contribution in [3.63, 3.8) is 0 Å². The fraction of sp³-hybridized carbons (Fsp3) is 0.214. The van der Waals surface area contributed by atoms with E-state index in [1.54, 1.807) is 31.2 Å². The Balaban J connectivity index is 2.20. The minimum absolute atomic E-state index is 0.329. The van der Waals surface area contributed by atoms with Gasteiger partial charge in [0.1, 0.15) is 12.8 Å². The highest BCUT2D eigenvalue weighted by atomic mass is 35.5. The van der Waals surface area contributed by atoms with E-state index in [0.29, 0.717) is 22.8 Å². The Morgan fingerprint density at radius 3 is 2.59 bits per heavy atom. The Hall–Kier alpha value is -2.54. The molecule has 0 radical (unpaired) electrons. The maximum absolute atomic E-state index is 11.8. The molecule has 3 amide bonds. The third kappa shape index (κ3) is 3.76. The third-order valence-corrected chi connectivity index (χ3v) is 3.07. The summed E-state index contributed by atoms with van der Waals surface area (Å²) in [5, 5.41) is 5.10. The summed E-state index contributed by atoms with van der Waals surface area (Å²) >= 11 is 5.81. The predicted octanol–water partition coefficient (Wildman–Crippen LogP) is 1.61. The summed E-state index contributed by atoms with van der Waals surface area (Å²) in [5.74, 6) is -1.30. The quantitative estimate of drug-likeness (QED) is 0.893. The fourth-order valence-electron chi connectivity index (χ4n) is 1.84. The third-order valence-electron chi connectivity index (χ3n) is 2.81. The first kappa shape index (κ1) is 15.8. The van der Waals surface area contributed by atoms with Crippen LogP contribution in [0.15, 0.2) is 39.7 Å². The summed E-state index contributed by atoms with van der Waals surface area (Å²) in [6.45, 7) is 1.79. The van der Waals surface area contributed by atoms with Gasteiger partial charge in [-0.25, -0.2) is 9.59 Å². The maximum atomic E-state index is 11.8. The first-order valence-electron chi connectivity index (χ1n) is 6.53. The number of amides is 3. The lowest BCUT2D eigenvalue weighted by Gasteiger charge is -2.07. The molecule has 0 aliphatic rings. The second kappa shape index (κ2) is 6.95. The molecule has 0 bridgehead atoms. The normalized spacial score (nSPS) is 10.3. The molecule has 8 heteroatoms. The number of benzene rings is 1. The van der Waals surface area contributed by atoms with Crippen LogP contribution in [0.2, 0.25) is 5.02 Å². The van der Waals surface area contributed by atoms with E-state index < -0.39 is 17.7 Å². The predicted molar refractivity (Wildman–Crippen MR) is 80.6 cm³/mol. The molecule has 1 aromatic carbocycles. The van der Waals surface area contributed by atoms with Crippen molar-refractivity contribution >= 4 is 23.5 Å². The Morgan fingerprint density at radius 2 is 1.95 bits per heavy atom. The fourth-order valence-corrected chi connectivity index (χ4v) is 1.97. The molecule has 0 aliphatic heterocycles. The second-order valence-electron chi connectivity index (χ2n) is 4.39.